The highest BCUT2D eigenvalue weighted by molar-refractivity contribution is 6.30. The van der Waals surface area contributed by atoms with E-state index in [1.165, 1.54) is 4.90 Å². The highest BCUT2D eigenvalue weighted by atomic mass is 35.5. The summed E-state index contributed by atoms with van der Waals surface area (Å²) in [5.41, 5.74) is 2.50. The van der Waals surface area contributed by atoms with Crippen LogP contribution in [0, 0.1) is 18.3 Å². The number of benzene rings is 1. The summed E-state index contributed by atoms with van der Waals surface area (Å²) < 4.78 is 5.43. The summed E-state index contributed by atoms with van der Waals surface area (Å²) in [6.07, 6.45) is 1.17. The molecule has 1 atom stereocenters. The molecule has 1 amide bonds. The van der Waals surface area contributed by atoms with E-state index in [1.807, 2.05) is 46.8 Å². The molecule has 3 aromatic rings. The van der Waals surface area contributed by atoms with Gasteiger partial charge in [0.2, 0.25) is 0 Å². The molecule has 33 heavy (non-hydrogen) atoms. The maximum Gasteiger partial charge on any atom is 0.410 e. The first-order valence-corrected chi connectivity index (χ1v) is 10.9. The van der Waals surface area contributed by atoms with Gasteiger partial charge < -0.3 is 15.0 Å². The zero-order valence-corrected chi connectivity index (χ0v) is 20.4. The monoisotopic (exact) mass is 466 g/mol. The first kappa shape index (κ1) is 24.2. The Kier molecular flexibility index (Phi) is 7.04. The number of amides is 1. The van der Waals surface area contributed by atoms with Crippen LogP contribution in [-0.4, -0.2) is 38.8 Å². The second-order valence-electron chi connectivity index (χ2n) is 8.88. The van der Waals surface area contributed by atoms with Gasteiger partial charge >= 0.3 is 6.09 Å². The molecule has 2 heterocycles. The van der Waals surface area contributed by atoms with Crippen molar-refractivity contribution in [3.8, 4) is 6.07 Å². The molecule has 172 valence electrons. The maximum atomic E-state index is 12.4. The minimum atomic E-state index is -0.598. The lowest BCUT2D eigenvalue weighted by molar-refractivity contribution is 0.0283. The van der Waals surface area contributed by atoms with Gasteiger partial charge in [-0.2, -0.15) is 10.4 Å². The Hall–Kier alpha value is -3.44. The Morgan fingerprint density at radius 3 is 2.70 bits per heavy atom. The molecule has 0 unspecified atom stereocenters. The predicted octanol–water partition coefficient (Wildman–Crippen LogP) is 5.40. The molecule has 0 spiro atoms. The van der Waals surface area contributed by atoms with E-state index in [0.29, 0.717) is 22.2 Å². The van der Waals surface area contributed by atoms with Gasteiger partial charge in [0.05, 0.1) is 29.9 Å². The third-order valence-electron chi connectivity index (χ3n) is 5.12. The smallest absolute Gasteiger partial charge is 0.410 e. The molecule has 0 saturated heterocycles. The number of carbonyl (C=O) groups is 1. The molecule has 0 saturated carbocycles. The number of nitrogens with one attached hydrogen (secondary N) is 1. The summed E-state index contributed by atoms with van der Waals surface area (Å²) in [5, 5.41) is 23.2. The van der Waals surface area contributed by atoms with Crippen LogP contribution in [0.2, 0.25) is 5.15 Å². The normalized spacial score (nSPS) is 12.2. The molecule has 8 nitrogen and oxygen atoms in total. The number of halogens is 1. The van der Waals surface area contributed by atoms with Crippen LogP contribution in [0.1, 0.15) is 56.1 Å². The largest absolute Gasteiger partial charge is 0.444 e. The molecule has 1 N–H and O–H groups in total. The second kappa shape index (κ2) is 9.59. The summed E-state index contributed by atoms with van der Waals surface area (Å²) in [6, 6.07) is 9.42. The highest BCUT2D eigenvalue weighted by Crippen LogP contribution is 2.30. The molecule has 3 rings (SSSR count). The van der Waals surface area contributed by atoms with Crippen molar-refractivity contribution in [3.63, 3.8) is 0 Å². The Labute approximate surface area is 198 Å². The Morgan fingerprint density at radius 1 is 1.30 bits per heavy atom. The number of aromatic nitrogens is 3. The fraction of sp³-hybridized carbons (Fsp3) is 0.375. The van der Waals surface area contributed by atoms with Gasteiger partial charge in [-0.3, -0.25) is 0 Å². The number of pyridine rings is 1. The quantitative estimate of drug-likeness (QED) is 0.502. The Balaban J connectivity index is 1.93. The Morgan fingerprint density at radius 2 is 2.03 bits per heavy atom. The minimum Gasteiger partial charge on any atom is -0.444 e. The van der Waals surface area contributed by atoms with Crippen LogP contribution >= 0.6 is 11.6 Å². The van der Waals surface area contributed by atoms with Crippen LogP contribution < -0.4 is 5.32 Å². The van der Waals surface area contributed by atoms with Crippen molar-refractivity contribution >= 4 is 34.3 Å². The number of fused-ring (bicyclic) bond motifs is 1. The van der Waals surface area contributed by atoms with E-state index in [0.717, 1.165) is 21.9 Å². The van der Waals surface area contributed by atoms with Gasteiger partial charge in [0.25, 0.3) is 0 Å². The number of rotatable bonds is 5. The SMILES string of the molecule is Cc1c(C#N)cccc1[C@@H](C)Nc1nnc(CN(C)C(=O)OC(C)(C)C)c2cnc(Cl)cc12. The van der Waals surface area contributed by atoms with Crippen LogP contribution in [0.15, 0.2) is 30.5 Å². The fourth-order valence-electron chi connectivity index (χ4n) is 3.45. The van der Waals surface area contributed by atoms with Crippen LogP contribution in [-0.2, 0) is 11.3 Å². The molecule has 0 aliphatic rings. The molecular weight excluding hydrogens is 440 g/mol. The standard InChI is InChI=1S/C24H27ClN6O2/c1-14-16(11-26)8-7-9-17(14)15(2)28-22-18-10-21(25)27-12-19(18)20(29-30-22)13-31(6)23(32)33-24(3,4)5/h7-10,12,15H,13H2,1-6H3,(H,28,30)/t15-/m1/s1. The molecule has 0 aliphatic carbocycles. The van der Waals surface area contributed by atoms with E-state index in [1.54, 1.807) is 25.4 Å². The molecule has 0 radical (unpaired) electrons. The van der Waals surface area contributed by atoms with Gasteiger partial charge in [0.15, 0.2) is 5.82 Å². The van der Waals surface area contributed by atoms with E-state index in [9.17, 15) is 10.1 Å². The highest BCUT2D eigenvalue weighted by Gasteiger charge is 2.22. The summed E-state index contributed by atoms with van der Waals surface area (Å²) in [5.74, 6) is 0.534. The number of ether oxygens (including phenoxy) is 1. The predicted molar refractivity (Wildman–Crippen MR) is 128 cm³/mol. The average molecular weight is 467 g/mol. The first-order chi connectivity index (χ1) is 15.5. The zero-order chi connectivity index (χ0) is 24.3. The van der Waals surface area contributed by atoms with Crippen molar-refractivity contribution in [2.45, 2.75) is 52.8 Å². The number of hydrogen-bond acceptors (Lipinski definition) is 7. The molecule has 9 heteroatoms. The zero-order valence-electron chi connectivity index (χ0n) is 19.6. The number of anilines is 1. The lowest BCUT2D eigenvalue weighted by Gasteiger charge is -2.25. The van der Waals surface area contributed by atoms with Crippen LogP contribution in [0.25, 0.3) is 10.8 Å². The summed E-state index contributed by atoms with van der Waals surface area (Å²) in [4.78, 5) is 18.0. The van der Waals surface area contributed by atoms with Gasteiger partial charge in [-0.1, -0.05) is 23.7 Å². The number of nitrogens with zero attached hydrogens (tertiary/aromatic N) is 5. The topological polar surface area (TPSA) is 104 Å². The summed E-state index contributed by atoms with van der Waals surface area (Å²) in [7, 11) is 1.64. The van der Waals surface area contributed by atoms with E-state index in [4.69, 9.17) is 16.3 Å². The molecule has 0 aliphatic heterocycles. The maximum absolute atomic E-state index is 12.4. The molecule has 1 aromatic carbocycles. The van der Waals surface area contributed by atoms with E-state index >= 15 is 0 Å². The number of carbonyl (C=O) groups excluding carboxylic acids is 1. The van der Waals surface area contributed by atoms with E-state index in [2.05, 4.69) is 26.6 Å². The first-order valence-electron chi connectivity index (χ1n) is 10.5. The second-order valence-corrected chi connectivity index (χ2v) is 9.27. The van der Waals surface area contributed by atoms with Gasteiger partial charge in [-0.15, -0.1) is 5.10 Å². The number of hydrogen-bond donors (Lipinski definition) is 1. The molecule has 2 aromatic heterocycles. The van der Waals surface area contributed by atoms with E-state index in [-0.39, 0.29) is 12.6 Å². The summed E-state index contributed by atoms with van der Waals surface area (Å²) in [6.45, 7) is 9.55. The third-order valence-corrected chi connectivity index (χ3v) is 5.32. The fourth-order valence-corrected chi connectivity index (χ4v) is 3.61. The van der Waals surface area contributed by atoms with Crippen LogP contribution in [0.4, 0.5) is 10.6 Å². The van der Waals surface area contributed by atoms with Crippen molar-refractivity contribution in [1.82, 2.24) is 20.1 Å². The van der Waals surface area contributed by atoms with E-state index < -0.39 is 11.7 Å². The van der Waals surface area contributed by atoms with Gasteiger partial charge in [0.1, 0.15) is 10.8 Å². The lowest BCUT2D eigenvalue weighted by Crippen LogP contribution is -2.34. The lowest BCUT2D eigenvalue weighted by atomic mass is 9.98. The van der Waals surface area contributed by atoms with Crippen LogP contribution in [0.5, 0.6) is 0 Å². The van der Waals surface area contributed by atoms with Crippen molar-refractivity contribution in [3.05, 3.63) is 58.0 Å². The Bertz CT molecular complexity index is 1230. The summed E-state index contributed by atoms with van der Waals surface area (Å²) >= 11 is 6.18. The van der Waals surface area contributed by atoms with Gasteiger partial charge in [-0.25, -0.2) is 9.78 Å². The van der Waals surface area contributed by atoms with Crippen LogP contribution in [0.3, 0.4) is 0 Å². The van der Waals surface area contributed by atoms with Gasteiger partial charge in [-0.05, 0) is 57.9 Å². The molecule has 0 fully saturated rings. The van der Waals surface area contributed by atoms with Crippen molar-refractivity contribution in [2.75, 3.05) is 12.4 Å². The van der Waals surface area contributed by atoms with Gasteiger partial charge in [0, 0.05) is 24.0 Å². The van der Waals surface area contributed by atoms with Crippen molar-refractivity contribution < 1.29 is 9.53 Å². The van der Waals surface area contributed by atoms with Crippen molar-refractivity contribution in [2.24, 2.45) is 0 Å². The minimum absolute atomic E-state index is 0.141. The van der Waals surface area contributed by atoms with Crippen molar-refractivity contribution in [1.29, 1.82) is 5.26 Å². The number of nitriles is 1. The average Bonchev–Trinajstić information content (AvgIpc) is 2.74. The third kappa shape index (κ3) is 5.68. The molecule has 0 bridgehead atoms. The molecular formula is C24H27ClN6O2.